The Morgan fingerprint density at radius 1 is 1.11 bits per heavy atom. The highest BCUT2D eigenvalue weighted by molar-refractivity contribution is 6.93. The summed E-state index contributed by atoms with van der Waals surface area (Å²) in [4.78, 5) is 0. The second kappa shape index (κ2) is 2.45. The first-order valence-corrected chi connectivity index (χ1v) is 2.77. The van der Waals surface area contributed by atoms with Gasteiger partial charge in [-0.3, -0.25) is 0 Å². The van der Waals surface area contributed by atoms with Crippen LogP contribution in [-0.2, 0) is 0 Å². The third-order valence-corrected chi connectivity index (χ3v) is 1.08. The zero-order chi connectivity index (χ0) is 6.69. The Bertz CT molecular complexity index is 197. The third-order valence-electron chi connectivity index (χ3n) is 0.607. The first-order valence-electron chi connectivity index (χ1n) is 2.10. The second-order valence-electron chi connectivity index (χ2n) is 1.24. The molecule has 0 aromatic carbocycles. The molecule has 5 heteroatoms. The van der Waals surface area contributed by atoms with Gasteiger partial charge < -0.3 is 17.9 Å². The Morgan fingerprint density at radius 3 is 2.00 bits per heavy atom. The van der Waals surface area contributed by atoms with E-state index in [9.17, 15) is 0 Å². The molecule has 0 aliphatic heterocycles. The molecule has 0 aliphatic rings. The Kier molecular flexibility index (Phi) is 1.64. The fourth-order valence-corrected chi connectivity index (χ4v) is 0.569. The van der Waals surface area contributed by atoms with Crippen molar-refractivity contribution in [2.24, 2.45) is 0 Å². The van der Waals surface area contributed by atoms with E-state index in [1.54, 1.807) is 0 Å². The highest BCUT2D eigenvalue weighted by Gasteiger charge is 1.87. The lowest BCUT2D eigenvalue weighted by molar-refractivity contribution is 0.344. The largest absolute Gasteiger partial charge is 0.480 e. The molecule has 0 atom stereocenters. The molecule has 0 saturated heterocycles. The summed E-state index contributed by atoms with van der Waals surface area (Å²) in [6, 6.07) is 2.35. The van der Waals surface area contributed by atoms with E-state index in [0.29, 0.717) is 11.9 Å². The van der Waals surface area contributed by atoms with Crippen LogP contribution in [0, 0.1) is 0 Å². The maximum absolute atomic E-state index is 8.59. The van der Waals surface area contributed by atoms with Gasteiger partial charge in [-0.1, -0.05) is 0 Å². The molecule has 1 rings (SSSR count). The summed E-state index contributed by atoms with van der Waals surface area (Å²) in [5, 5.41) is 17.2. The van der Waals surface area contributed by atoms with Gasteiger partial charge in [0.05, 0.1) is 0 Å². The molecular formula is C4H4O4S. The van der Waals surface area contributed by atoms with Gasteiger partial charge >= 0.3 is 0 Å². The molecule has 0 amide bonds. The molecule has 0 spiro atoms. The maximum atomic E-state index is 8.59. The molecule has 9 heavy (non-hydrogen) atoms. The van der Waals surface area contributed by atoms with Gasteiger partial charge in [0.2, 0.25) is 11.9 Å². The van der Waals surface area contributed by atoms with Gasteiger partial charge in [0, 0.05) is 12.1 Å². The van der Waals surface area contributed by atoms with E-state index in [1.165, 1.54) is 12.1 Å². The predicted molar refractivity (Wildman–Crippen MR) is 29.8 cm³/mol. The summed E-state index contributed by atoms with van der Waals surface area (Å²) in [7, 11) is 0. The van der Waals surface area contributed by atoms with Crippen LogP contribution in [0.15, 0.2) is 19.8 Å². The minimum absolute atomic E-state index is 0.302. The van der Waals surface area contributed by atoms with Crippen LogP contribution in [-0.4, -0.2) is 10.2 Å². The molecular weight excluding hydrogens is 144 g/mol. The van der Waals surface area contributed by atoms with Crippen LogP contribution in [0.25, 0.3) is 0 Å². The standard InChI is InChI=1S/C4H4O4S/c5-3-1-2-4(6)8-9-7-3/h1-2,5-6H. The van der Waals surface area contributed by atoms with E-state index < -0.39 is 0 Å². The van der Waals surface area contributed by atoms with Gasteiger partial charge in [-0.15, -0.1) is 0 Å². The van der Waals surface area contributed by atoms with E-state index in [0.717, 1.165) is 0 Å². The first kappa shape index (κ1) is 6.03. The van der Waals surface area contributed by atoms with E-state index in [1.807, 2.05) is 0 Å². The fourth-order valence-electron chi connectivity index (χ4n) is 0.285. The summed E-state index contributed by atoms with van der Waals surface area (Å²) in [6.45, 7) is 0. The number of aromatic hydroxyl groups is 2. The van der Waals surface area contributed by atoms with E-state index in [4.69, 9.17) is 10.2 Å². The minimum atomic E-state index is -0.302. The molecule has 1 aromatic heterocycles. The summed E-state index contributed by atoms with van der Waals surface area (Å²) in [5.74, 6) is -0.604. The molecule has 0 radical (unpaired) electrons. The van der Waals surface area contributed by atoms with Crippen LogP contribution in [0.4, 0.5) is 0 Å². The van der Waals surface area contributed by atoms with E-state index in [-0.39, 0.29) is 11.9 Å². The number of rotatable bonds is 0. The van der Waals surface area contributed by atoms with E-state index >= 15 is 0 Å². The quantitative estimate of drug-likeness (QED) is 0.584. The number of hydrogen-bond acceptors (Lipinski definition) is 5. The molecule has 0 bridgehead atoms. The topological polar surface area (TPSA) is 66.7 Å². The molecule has 0 aliphatic carbocycles. The van der Waals surface area contributed by atoms with Crippen molar-refractivity contribution in [2.45, 2.75) is 0 Å². The summed E-state index contributed by atoms with van der Waals surface area (Å²) >= 11 is 0.495. The molecule has 2 N–H and O–H groups in total. The summed E-state index contributed by atoms with van der Waals surface area (Å²) < 4.78 is 8.74. The van der Waals surface area contributed by atoms with Crippen molar-refractivity contribution < 1.29 is 17.9 Å². The normalized spacial score (nSPS) is 8.89. The van der Waals surface area contributed by atoms with Crippen LogP contribution in [0.3, 0.4) is 0 Å². The lowest BCUT2D eigenvalue weighted by Crippen LogP contribution is -1.49. The first-order chi connectivity index (χ1) is 4.29. The fraction of sp³-hybridized carbons (Fsp3) is 0. The zero-order valence-electron chi connectivity index (χ0n) is 4.27. The van der Waals surface area contributed by atoms with Crippen molar-refractivity contribution in [2.75, 3.05) is 0 Å². The Balaban J connectivity index is 3.16. The number of hydrogen-bond donors (Lipinski definition) is 2. The average Bonchev–Trinajstić information content (AvgIpc) is 1.97. The van der Waals surface area contributed by atoms with Crippen LogP contribution < -0.4 is 0 Å². The summed E-state index contributed by atoms with van der Waals surface area (Å²) in [6.07, 6.45) is 0. The third kappa shape index (κ3) is 1.69. The van der Waals surface area contributed by atoms with Gasteiger partial charge in [-0.05, 0) is 0 Å². The molecule has 1 aromatic rings. The van der Waals surface area contributed by atoms with Gasteiger partial charge in [0.25, 0.3) is 11.9 Å². The Labute approximate surface area is 54.7 Å². The highest BCUT2D eigenvalue weighted by atomic mass is 32.1. The van der Waals surface area contributed by atoms with Crippen molar-refractivity contribution in [3.8, 4) is 11.9 Å². The van der Waals surface area contributed by atoms with Gasteiger partial charge in [0.15, 0.2) is 0 Å². The van der Waals surface area contributed by atoms with Crippen molar-refractivity contribution in [3.63, 3.8) is 0 Å². The van der Waals surface area contributed by atoms with Crippen LogP contribution in [0.2, 0.25) is 0 Å². The van der Waals surface area contributed by atoms with Crippen LogP contribution in [0.5, 0.6) is 11.9 Å². The van der Waals surface area contributed by atoms with Gasteiger partial charge in [-0.2, -0.15) is 0 Å². The van der Waals surface area contributed by atoms with Crippen LogP contribution in [0.1, 0.15) is 0 Å². The maximum Gasteiger partial charge on any atom is 0.298 e. The Morgan fingerprint density at radius 2 is 1.56 bits per heavy atom. The monoisotopic (exact) mass is 148 g/mol. The SMILES string of the molecule is Oc1ccc(O)oso1. The van der Waals surface area contributed by atoms with Gasteiger partial charge in [0.1, 0.15) is 0 Å². The molecule has 0 unspecified atom stereocenters. The van der Waals surface area contributed by atoms with Crippen LogP contribution >= 0.6 is 11.9 Å². The Hall–Kier alpha value is -1.10. The molecule has 0 saturated carbocycles. The van der Waals surface area contributed by atoms with Gasteiger partial charge in [-0.25, -0.2) is 0 Å². The average molecular weight is 148 g/mol. The van der Waals surface area contributed by atoms with Crippen molar-refractivity contribution in [1.29, 1.82) is 0 Å². The lowest BCUT2D eigenvalue weighted by Gasteiger charge is -1.72. The van der Waals surface area contributed by atoms with Crippen molar-refractivity contribution in [1.82, 2.24) is 0 Å². The predicted octanol–water partition coefficient (Wildman–Crippen LogP) is 1.47. The minimum Gasteiger partial charge on any atom is -0.480 e. The van der Waals surface area contributed by atoms with Crippen molar-refractivity contribution >= 4 is 11.9 Å². The second-order valence-corrected chi connectivity index (χ2v) is 1.71. The summed E-state index contributed by atoms with van der Waals surface area (Å²) in [5.41, 5.74) is 0. The van der Waals surface area contributed by atoms with Crippen molar-refractivity contribution in [3.05, 3.63) is 12.1 Å². The molecule has 0 fully saturated rings. The zero-order valence-corrected chi connectivity index (χ0v) is 5.09. The molecule has 1 heterocycles. The lowest BCUT2D eigenvalue weighted by atomic mass is 10.6. The highest BCUT2D eigenvalue weighted by Crippen LogP contribution is 2.14. The molecule has 50 valence electrons. The van der Waals surface area contributed by atoms with E-state index in [2.05, 4.69) is 7.70 Å². The molecule has 4 nitrogen and oxygen atoms in total. The smallest absolute Gasteiger partial charge is 0.298 e.